The first-order valence-corrected chi connectivity index (χ1v) is 9.00. The minimum atomic E-state index is -3.85. The van der Waals surface area contributed by atoms with Gasteiger partial charge in [-0.15, -0.1) is 12.4 Å². The number of benzene rings is 2. The molecule has 1 aliphatic rings. The second kappa shape index (κ2) is 7.38. The Bertz CT molecular complexity index is 902. The number of hydrogen-bond acceptors (Lipinski definition) is 5. The van der Waals surface area contributed by atoms with Crippen LogP contribution in [0.1, 0.15) is 30.0 Å². The molecule has 1 unspecified atom stereocenters. The van der Waals surface area contributed by atoms with Gasteiger partial charge in [-0.1, -0.05) is 12.1 Å². The van der Waals surface area contributed by atoms with Crippen molar-refractivity contribution < 1.29 is 13.3 Å². The molecular formula is C16H18ClN3O4S. The number of nitrogens with zero attached hydrogens (tertiary/aromatic N) is 1. The summed E-state index contributed by atoms with van der Waals surface area (Å²) in [5.74, 6) is 0. The lowest BCUT2D eigenvalue weighted by molar-refractivity contribution is -0.385. The van der Waals surface area contributed by atoms with Crippen LogP contribution in [0.15, 0.2) is 47.4 Å². The first-order chi connectivity index (χ1) is 11.4. The van der Waals surface area contributed by atoms with Crippen molar-refractivity contribution in [3.63, 3.8) is 0 Å². The molecule has 0 fully saturated rings. The van der Waals surface area contributed by atoms with E-state index in [1.54, 1.807) is 6.07 Å². The number of nitro benzene ring substituents is 1. The van der Waals surface area contributed by atoms with E-state index in [-0.39, 0.29) is 29.0 Å². The van der Waals surface area contributed by atoms with Gasteiger partial charge in [-0.25, -0.2) is 13.1 Å². The number of halogens is 1. The van der Waals surface area contributed by atoms with Gasteiger partial charge in [-0.05, 0) is 48.6 Å². The van der Waals surface area contributed by atoms with Crippen LogP contribution in [-0.4, -0.2) is 13.3 Å². The van der Waals surface area contributed by atoms with Gasteiger partial charge in [0.15, 0.2) is 0 Å². The van der Waals surface area contributed by atoms with Gasteiger partial charge in [0.05, 0.1) is 9.82 Å². The number of nitrogens with two attached hydrogens (primary N) is 1. The summed E-state index contributed by atoms with van der Waals surface area (Å²) in [4.78, 5) is 10.1. The Labute approximate surface area is 151 Å². The maximum Gasteiger partial charge on any atom is 0.270 e. The van der Waals surface area contributed by atoms with E-state index in [9.17, 15) is 18.5 Å². The number of sulfonamides is 1. The average molecular weight is 384 g/mol. The summed E-state index contributed by atoms with van der Waals surface area (Å²) in [6.45, 7) is 0. The van der Waals surface area contributed by atoms with Gasteiger partial charge < -0.3 is 5.73 Å². The number of nitrogens with one attached hydrogen (secondary N) is 1. The summed E-state index contributed by atoms with van der Waals surface area (Å²) in [5, 5.41) is 10.8. The van der Waals surface area contributed by atoms with Crippen LogP contribution in [0, 0.1) is 10.1 Å². The second-order valence-electron chi connectivity index (χ2n) is 5.78. The number of nitrogen functional groups attached to an aromatic ring is 1. The Morgan fingerprint density at radius 2 is 1.96 bits per heavy atom. The quantitative estimate of drug-likeness (QED) is 0.478. The standard InChI is InChI=1S/C16H17N3O4S.ClH/c17-12-7-8-15-11(9-12)3-1-6-16(15)18-24(22,23)14-5-2-4-13(10-14)19(20)21;/h2,4-5,7-10,16,18H,1,3,6,17H2;1H. The molecule has 7 nitrogen and oxygen atoms in total. The zero-order valence-corrected chi connectivity index (χ0v) is 14.8. The monoisotopic (exact) mass is 383 g/mol. The number of nitro groups is 1. The Hall–Kier alpha value is -2.16. The number of fused-ring (bicyclic) bond motifs is 1. The zero-order valence-electron chi connectivity index (χ0n) is 13.2. The maximum absolute atomic E-state index is 12.6. The molecule has 0 spiro atoms. The van der Waals surface area contributed by atoms with Crippen LogP contribution >= 0.6 is 12.4 Å². The molecule has 2 aromatic rings. The largest absolute Gasteiger partial charge is 0.399 e. The van der Waals surface area contributed by atoms with E-state index in [1.807, 2.05) is 12.1 Å². The maximum atomic E-state index is 12.6. The predicted molar refractivity (Wildman–Crippen MR) is 97.2 cm³/mol. The molecule has 0 amide bonds. The minimum absolute atomic E-state index is 0. The van der Waals surface area contributed by atoms with Gasteiger partial charge >= 0.3 is 0 Å². The van der Waals surface area contributed by atoms with Crippen LogP contribution in [0.4, 0.5) is 11.4 Å². The summed E-state index contributed by atoms with van der Waals surface area (Å²) in [7, 11) is -3.85. The molecule has 0 radical (unpaired) electrons. The van der Waals surface area contributed by atoms with Crippen molar-refractivity contribution in [3.8, 4) is 0 Å². The molecule has 0 saturated carbocycles. The van der Waals surface area contributed by atoms with Crippen LogP contribution < -0.4 is 10.5 Å². The Balaban J connectivity index is 0.00000225. The van der Waals surface area contributed by atoms with E-state index in [2.05, 4.69) is 4.72 Å². The third-order valence-corrected chi connectivity index (χ3v) is 5.59. The fraction of sp³-hybridized carbons (Fsp3) is 0.250. The minimum Gasteiger partial charge on any atom is -0.399 e. The van der Waals surface area contributed by atoms with E-state index < -0.39 is 14.9 Å². The molecule has 0 bridgehead atoms. The SMILES string of the molecule is Cl.Nc1ccc2c(c1)CCCC2NS(=O)(=O)c1cccc([N+](=O)[O-])c1. The number of rotatable bonds is 4. The van der Waals surface area contributed by atoms with Crippen LogP contribution in [0.25, 0.3) is 0 Å². The Morgan fingerprint density at radius 1 is 1.20 bits per heavy atom. The van der Waals surface area contributed by atoms with E-state index in [0.29, 0.717) is 12.1 Å². The lowest BCUT2D eigenvalue weighted by atomic mass is 9.88. The van der Waals surface area contributed by atoms with Gasteiger partial charge in [-0.3, -0.25) is 10.1 Å². The molecule has 0 saturated heterocycles. The summed E-state index contributed by atoms with van der Waals surface area (Å²) in [5.41, 5.74) is 8.12. The van der Waals surface area contributed by atoms with E-state index in [4.69, 9.17) is 5.73 Å². The van der Waals surface area contributed by atoms with Crippen molar-refractivity contribution in [2.75, 3.05) is 5.73 Å². The van der Waals surface area contributed by atoms with Crippen molar-refractivity contribution in [3.05, 3.63) is 63.7 Å². The van der Waals surface area contributed by atoms with Crippen molar-refractivity contribution in [1.29, 1.82) is 0 Å². The average Bonchev–Trinajstić information content (AvgIpc) is 2.54. The highest BCUT2D eigenvalue weighted by Crippen LogP contribution is 2.32. The molecule has 2 aromatic carbocycles. The highest BCUT2D eigenvalue weighted by atomic mass is 35.5. The summed E-state index contributed by atoms with van der Waals surface area (Å²) in [6.07, 6.45) is 2.37. The van der Waals surface area contributed by atoms with E-state index >= 15 is 0 Å². The van der Waals surface area contributed by atoms with Gasteiger partial charge in [0.1, 0.15) is 0 Å². The topological polar surface area (TPSA) is 115 Å². The normalized spacial score (nSPS) is 16.6. The molecule has 3 N–H and O–H groups in total. The van der Waals surface area contributed by atoms with Crippen LogP contribution in [0.2, 0.25) is 0 Å². The van der Waals surface area contributed by atoms with Gasteiger partial charge in [0.25, 0.3) is 5.69 Å². The summed E-state index contributed by atoms with van der Waals surface area (Å²) in [6, 6.07) is 10.1. The first kappa shape index (κ1) is 19.2. The molecular weight excluding hydrogens is 366 g/mol. The molecule has 1 aliphatic carbocycles. The van der Waals surface area contributed by atoms with E-state index in [1.165, 1.54) is 18.2 Å². The fourth-order valence-corrected chi connectivity index (χ4v) is 4.27. The number of hydrogen-bond donors (Lipinski definition) is 2. The van der Waals surface area contributed by atoms with Gasteiger partial charge in [-0.2, -0.15) is 0 Å². The zero-order chi connectivity index (χ0) is 17.3. The van der Waals surface area contributed by atoms with Crippen molar-refractivity contribution in [1.82, 2.24) is 4.72 Å². The third-order valence-electron chi connectivity index (χ3n) is 4.12. The fourth-order valence-electron chi connectivity index (χ4n) is 2.98. The van der Waals surface area contributed by atoms with Gasteiger partial charge in [0, 0.05) is 23.9 Å². The molecule has 1 atom stereocenters. The molecule has 0 heterocycles. The van der Waals surface area contributed by atoms with Crippen molar-refractivity contribution in [2.45, 2.75) is 30.2 Å². The van der Waals surface area contributed by atoms with Gasteiger partial charge in [0.2, 0.25) is 10.0 Å². The molecule has 3 rings (SSSR count). The molecule has 0 aliphatic heterocycles. The smallest absolute Gasteiger partial charge is 0.270 e. The number of non-ortho nitro benzene ring substituents is 1. The van der Waals surface area contributed by atoms with Crippen molar-refractivity contribution in [2.24, 2.45) is 0 Å². The van der Waals surface area contributed by atoms with Crippen LogP contribution in [0.3, 0.4) is 0 Å². The lowest BCUT2D eigenvalue weighted by Gasteiger charge is -2.26. The van der Waals surface area contributed by atoms with Crippen molar-refractivity contribution >= 4 is 33.8 Å². The van der Waals surface area contributed by atoms with E-state index in [0.717, 1.165) is 30.0 Å². The first-order valence-electron chi connectivity index (χ1n) is 7.52. The highest BCUT2D eigenvalue weighted by Gasteiger charge is 2.26. The highest BCUT2D eigenvalue weighted by molar-refractivity contribution is 7.89. The third kappa shape index (κ3) is 4.09. The number of anilines is 1. The van der Waals surface area contributed by atoms with Crippen LogP contribution in [-0.2, 0) is 16.4 Å². The molecule has 9 heteroatoms. The molecule has 134 valence electrons. The van der Waals surface area contributed by atoms with Crippen LogP contribution in [0.5, 0.6) is 0 Å². The Kier molecular flexibility index (Phi) is 5.66. The predicted octanol–water partition coefficient (Wildman–Crippen LogP) is 2.95. The molecule has 0 aromatic heterocycles. The number of aryl methyl sites for hydroxylation is 1. The summed E-state index contributed by atoms with van der Waals surface area (Å²) >= 11 is 0. The summed E-state index contributed by atoms with van der Waals surface area (Å²) < 4.78 is 27.8. The Morgan fingerprint density at radius 3 is 2.68 bits per heavy atom. The second-order valence-corrected chi connectivity index (χ2v) is 7.49. The lowest BCUT2D eigenvalue weighted by Crippen LogP contribution is -2.31. The molecule has 25 heavy (non-hydrogen) atoms.